The normalized spacial score (nSPS) is 15.9. The van der Waals surface area contributed by atoms with Gasteiger partial charge in [-0.05, 0) is 26.2 Å². The van der Waals surface area contributed by atoms with E-state index in [0.29, 0.717) is 0 Å². The summed E-state index contributed by atoms with van der Waals surface area (Å²) in [6.45, 7) is 6.28. The topological polar surface area (TPSA) is 17.1 Å². The van der Waals surface area contributed by atoms with Gasteiger partial charge in [-0.2, -0.15) is 0 Å². The van der Waals surface area contributed by atoms with Gasteiger partial charge in [0.1, 0.15) is 6.29 Å². The van der Waals surface area contributed by atoms with Crippen LogP contribution in [0.5, 0.6) is 0 Å². The van der Waals surface area contributed by atoms with Crippen LogP contribution in [0.2, 0.25) is 0 Å². The van der Waals surface area contributed by atoms with E-state index in [0.717, 1.165) is 32.0 Å². The van der Waals surface area contributed by atoms with Crippen molar-refractivity contribution in [1.82, 2.24) is 0 Å². The fourth-order valence-corrected chi connectivity index (χ4v) is 1.49. The van der Waals surface area contributed by atoms with Crippen molar-refractivity contribution in [2.45, 2.75) is 52.9 Å². The Morgan fingerprint density at radius 1 is 1.31 bits per heavy atom. The van der Waals surface area contributed by atoms with Crippen LogP contribution in [0.15, 0.2) is 12.2 Å². The summed E-state index contributed by atoms with van der Waals surface area (Å²) in [5.41, 5.74) is -0.0808. The quantitative estimate of drug-likeness (QED) is 0.433. The molecule has 13 heavy (non-hydrogen) atoms. The van der Waals surface area contributed by atoms with E-state index in [1.807, 2.05) is 13.0 Å². The first-order chi connectivity index (χ1) is 6.24. The second-order valence-electron chi connectivity index (χ2n) is 3.71. The number of allylic oxidation sites excluding steroid dienone is 2. The second kappa shape index (κ2) is 6.88. The van der Waals surface area contributed by atoms with Crippen molar-refractivity contribution in [3.05, 3.63) is 12.2 Å². The van der Waals surface area contributed by atoms with E-state index >= 15 is 0 Å². The molecule has 0 aliphatic heterocycles. The molecule has 1 heteroatoms. The summed E-state index contributed by atoms with van der Waals surface area (Å²) in [6.07, 6.45) is 10.5. The van der Waals surface area contributed by atoms with Crippen LogP contribution < -0.4 is 0 Å². The number of unbranched alkanes of at least 4 members (excludes halogenated alkanes) is 1. The summed E-state index contributed by atoms with van der Waals surface area (Å²) in [4.78, 5) is 11.0. The van der Waals surface area contributed by atoms with Gasteiger partial charge in [0.25, 0.3) is 0 Å². The van der Waals surface area contributed by atoms with Crippen LogP contribution in [0.3, 0.4) is 0 Å². The molecular weight excluding hydrogens is 160 g/mol. The molecule has 0 aromatic heterocycles. The Kier molecular flexibility index (Phi) is 6.56. The van der Waals surface area contributed by atoms with Gasteiger partial charge < -0.3 is 4.79 Å². The highest BCUT2D eigenvalue weighted by Crippen LogP contribution is 2.30. The molecule has 0 fully saturated rings. The van der Waals surface area contributed by atoms with E-state index in [1.54, 1.807) is 0 Å². The molecule has 76 valence electrons. The Morgan fingerprint density at radius 2 is 2.00 bits per heavy atom. The minimum atomic E-state index is -0.0808. The summed E-state index contributed by atoms with van der Waals surface area (Å²) in [7, 11) is 0. The van der Waals surface area contributed by atoms with Crippen molar-refractivity contribution in [2.75, 3.05) is 0 Å². The van der Waals surface area contributed by atoms with Gasteiger partial charge >= 0.3 is 0 Å². The van der Waals surface area contributed by atoms with E-state index in [4.69, 9.17) is 0 Å². The third-order valence-corrected chi connectivity index (χ3v) is 2.74. The molecule has 0 saturated carbocycles. The van der Waals surface area contributed by atoms with E-state index in [9.17, 15) is 4.79 Å². The monoisotopic (exact) mass is 182 g/mol. The predicted molar refractivity (Wildman–Crippen MR) is 57.7 cm³/mol. The fraction of sp³-hybridized carbons (Fsp3) is 0.750. The van der Waals surface area contributed by atoms with E-state index < -0.39 is 0 Å². The lowest BCUT2D eigenvalue weighted by Gasteiger charge is -2.24. The van der Waals surface area contributed by atoms with Gasteiger partial charge in [-0.15, -0.1) is 0 Å². The number of rotatable bonds is 7. The number of carbonyl (C=O) groups excluding carboxylic acids is 1. The van der Waals surface area contributed by atoms with Crippen LogP contribution in [-0.4, -0.2) is 6.29 Å². The first-order valence-corrected chi connectivity index (χ1v) is 5.32. The van der Waals surface area contributed by atoms with Crippen LogP contribution in [0.4, 0.5) is 0 Å². The zero-order valence-electron chi connectivity index (χ0n) is 9.18. The molecule has 1 nitrogen and oxygen atoms in total. The maximum atomic E-state index is 11.0. The van der Waals surface area contributed by atoms with Crippen LogP contribution in [0.1, 0.15) is 52.9 Å². The fourth-order valence-electron chi connectivity index (χ4n) is 1.49. The summed E-state index contributed by atoms with van der Waals surface area (Å²) in [6, 6.07) is 0. The number of carbonyl (C=O) groups is 1. The average molecular weight is 182 g/mol. The van der Waals surface area contributed by atoms with Gasteiger partial charge in [0.05, 0.1) is 0 Å². The lowest BCUT2D eigenvalue weighted by molar-refractivity contribution is -0.116. The minimum Gasteiger partial charge on any atom is -0.303 e. The molecular formula is C12H22O. The van der Waals surface area contributed by atoms with Crippen molar-refractivity contribution in [1.29, 1.82) is 0 Å². The highest BCUT2D eigenvalue weighted by molar-refractivity contribution is 5.59. The first-order valence-electron chi connectivity index (χ1n) is 5.32. The maximum Gasteiger partial charge on any atom is 0.126 e. The molecule has 0 radical (unpaired) electrons. The second-order valence-corrected chi connectivity index (χ2v) is 3.71. The maximum absolute atomic E-state index is 11.0. The summed E-state index contributed by atoms with van der Waals surface area (Å²) in [5.74, 6) is 0. The first kappa shape index (κ1) is 12.4. The molecule has 1 unspecified atom stereocenters. The molecule has 0 bridgehead atoms. The third kappa shape index (κ3) is 4.25. The van der Waals surface area contributed by atoms with Crippen molar-refractivity contribution in [2.24, 2.45) is 5.41 Å². The summed E-state index contributed by atoms with van der Waals surface area (Å²) >= 11 is 0. The molecule has 0 aliphatic carbocycles. The largest absolute Gasteiger partial charge is 0.303 e. The van der Waals surface area contributed by atoms with E-state index in [1.165, 1.54) is 6.42 Å². The van der Waals surface area contributed by atoms with Crippen LogP contribution in [-0.2, 0) is 4.79 Å². The van der Waals surface area contributed by atoms with E-state index in [2.05, 4.69) is 19.9 Å². The van der Waals surface area contributed by atoms with Gasteiger partial charge in [-0.3, -0.25) is 0 Å². The van der Waals surface area contributed by atoms with Crippen molar-refractivity contribution in [3.63, 3.8) is 0 Å². The molecule has 0 amide bonds. The smallest absolute Gasteiger partial charge is 0.126 e. The molecule has 0 heterocycles. The summed E-state index contributed by atoms with van der Waals surface area (Å²) in [5, 5.41) is 0. The zero-order valence-corrected chi connectivity index (χ0v) is 9.18. The molecule has 0 rings (SSSR count). The standard InChI is InChI=1S/C12H22O/c1-4-7-9-12(6-3,11-13)10-8-5-2/h4,7,11H,5-6,8-10H2,1-3H3/b7-4+. The molecule has 0 aromatic rings. The summed E-state index contributed by atoms with van der Waals surface area (Å²) < 4.78 is 0. The van der Waals surface area contributed by atoms with Crippen molar-refractivity contribution >= 4 is 6.29 Å². The van der Waals surface area contributed by atoms with Gasteiger partial charge in [-0.25, -0.2) is 0 Å². The van der Waals surface area contributed by atoms with Gasteiger partial charge in [-0.1, -0.05) is 38.8 Å². The number of hydrogen-bond acceptors (Lipinski definition) is 1. The highest BCUT2D eigenvalue weighted by Gasteiger charge is 2.24. The van der Waals surface area contributed by atoms with Gasteiger partial charge in [0.15, 0.2) is 0 Å². The Hall–Kier alpha value is -0.590. The highest BCUT2D eigenvalue weighted by atomic mass is 16.1. The van der Waals surface area contributed by atoms with Crippen LogP contribution in [0.25, 0.3) is 0 Å². The van der Waals surface area contributed by atoms with Crippen molar-refractivity contribution in [3.8, 4) is 0 Å². The van der Waals surface area contributed by atoms with Crippen LogP contribution in [0, 0.1) is 5.41 Å². The molecule has 0 N–H and O–H groups in total. The Morgan fingerprint density at radius 3 is 2.38 bits per heavy atom. The Labute approximate surface area is 82.2 Å². The minimum absolute atomic E-state index is 0.0808. The van der Waals surface area contributed by atoms with Gasteiger partial charge in [0, 0.05) is 5.41 Å². The van der Waals surface area contributed by atoms with E-state index in [-0.39, 0.29) is 5.41 Å². The zero-order chi connectivity index (χ0) is 10.2. The third-order valence-electron chi connectivity index (χ3n) is 2.74. The Balaban J connectivity index is 4.21. The molecule has 1 atom stereocenters. The van der Waals surface area contributed by atoms with Crippen molar-refractivity contribution < 1.29 is 4.79 Å². The van der Waals surface area contributed by atoms with Gasteiger partial charge in [0.2, 0.25) is 0 Å². The Bertz CT molecular complexity index is 161. The lowest BCUT2D eigenvalue weighted by atomic mass is 9.79. The molecule has 0 aliphatic rings. The van der Waals surface area contributed by atoms with Crippen LogP contribution >= 0.6 is 0 Å². The molecule has 0 aromatic carbocycles. The average Bonchev–Trinajstić information content (AvgIpc) is 2.20. The SMILES string of the molecule is C/C=C/CC(C=O)(CC)CCCC. The number of aldehydes is 1. The molecule has 0 spiro atoms. The lowest BCUT2D eigenvalue weighted by Crippen LogP contribution is -2.20. The predicted octanol–water partition coefficient (Wildman–Crippen LogP) is 3.74. The number of hydrogen-bond donors (Lipinski definition) is 0. The molecule has 0 saturated heterocycles.